The molecule has 2 rings (SSSR count). The zero-order valence-corrected chi connectivity index (χ0v) is 13.6. The van der Waals surface area contributed by atoms with Crippen molar-refractivity contribution in [2.75, 3.05) is 11.6 Å². The molecule has 0 aliphatic rings. The summed E-state index contributed by atoms with van der Waals surface area (Å²) in [5.74, 6) is 6.07. The van der Waals surface area contributed by atoms with E-state index < -0.39 is 6.09 Å². The minimum atomic E-state index is -0.594. The van der Waals surface area contributed by atoms with E-state index in [1.807, 2.05) is 6.92 Å². The zero-order valence-electron chi connectivity index (χ0n) is 13.6. The SMILES string of the molecule is CCCCOC(=O)N(N)c1ccc(OCc2ccc(F)cc2)cc1. The summed E-state index contributed by atoms with van der Waals surface area (Å²) in [4.78, 5) is 11.8. The van der Waals surface area contributed by atoms with Crippen molar-refractivity contribution in [3.05, 3.63) is 59.9 Å². The van der Waals surface area contributed by atoms with Crippen LogP contribution in [0.2, 0.25) is 0 Å². The van der Waals surface area contributed by atoms with Crippen molar-refractivity contribution in [3.63, 3.8) is 0 Å². The number of carbonyl (C=O) groups excluding carboxylic acids is 1. The molecular formula is C18H21FN2O3. The lowest BCUT2D eigenvalue weighted by Crippen LogP contribution is -2.38. The van der Waals surface area contributed by atoms with Crippen LogP contribution in [0.5, 0.6) is 5.75 Å². The molecule has 0 atom stereocenters. The summed E-state index contributed by atoms with van der Waals surface area (Å²) < 4.78 is 23.5. The summed E-state index contributed by atoms with van der Waals surface area (Å²) in [6.07, 6.45) is 1.15. The van der Waals surface area contributed by atoms with E-state index in [1.165, 1.54) is 12.1 Å². The van der Waals surface area contributed by atoms with E-state index in [2.05, 4.69) is 0 Å². The molecule has 2 aromatic carbocycles. The highest BCUT2D eigenvalue weighted by atomic mass is 19.1. The van der Waals surface area contributed by atoms with Gasteiger partial charge in [0.2, 0.25) is 0 Å². The molecule has 0 aromatic heterocycles. The van der Waals surface area contributed by atoms with Gasteiger partial charge in [-0.3, -0.25) is 0 Å². The molecule has 0 saturated heterocycles. The highest BCUT2D eigenvalue weighted by Gasteiger charge is 2.12. The second-order valence-electron chi connectivity index (χ2n) is 5.25. The third-order valence-electron chi connectivity index (χ3n) is 3.35. The first-order chi connectivity index (χ1) is 11.6. The number of rotatable bonds is 7. The first-order valence-electron chi connectivity index (χ1n) is 7.79. The van der Waals surface area contributed by atoms with Gasteiger partial charge in [-0.1, -0.05) is 25.5 Å². The highest BCUT2D eigenvalue weighted by molar-refractivity contribution is 5.86. The van der Waals surface area contributed by atoms with Gasteiger partial charge in [0.15, 0.2) is 0 Å². The van der Waals surface area contributed by atoms with Crippen LogP contribution in [0.25, 0.3) is 0 Å². The summed E-state index contributed by atoms with van der Waals surface area (Å²) in [5, 5.41) is 0.958. The Kier molecular flexibility index (Phi) is 6.57. The molecular weight excluding hydrogens is 311 g/mol. The maximum absolute atomic E-state index is 12.8. The van der Waals surface area contributed by atoms with Crippen LogP contribution in [0.1, 0.15) is 25.3 Å². The molecule has 24 heavy (non-hydrogen) atoms. The summed E-state index contributed by atoms with van der Waals surface area (Å²) in [6.45, 7) is 2.69. The topological polar surface area (TPSA) is 64.8 Å². The van der Waals surface area contributed by atoms with Crippen molar-refractivity contribution in [1.82, 2.24) is 0 Å². The lowest BCUT2D eigenvalue weighted by molar-refractivity contribution is 0.152. The van der Waals surface area contributed by atoms with Crippen LogP contribution >= 0.6 is 0 Å². The van der Waals surface area contributed by atoms with Gasteiger partial charge in [-0.15, -0.1) is 0 Å². The van der Waals surface area contributed by atoms with Crippen molar-refractivity contribution in [2.24, 2.45) is 5.84 Å². The Morgan fingerprint density at radius 2 is 1.79 bits per heavy atom. The zero-order chi connectivity index (χ0) is 17.4. The fourth-order valence-corrected chi connectivity index (χ4v) is 1.93. The molecule has 0 radical (unpaired) electrons. The van der Waals surface area contributed by atoms with Gasteiger partial charge in [0, 0.05) is 0 Å². The maximum Gasteiger partial charge on any atom is 0.428 e. The number of benzene rings is 2. The third kappa shape index (κ3) is 5.24. The molecule has 6 heteroatoms. The van der Waals surface area contributed by atoms with Gasteiger partial charge in [-0.25, -0.2) is 20.0 Å². The Hall–Kier alpha value is -2.60. The van der Waals surface area contributed by atoms with Crippen LogP contribution < -0.4 is 15.6 Å². The molecule has 0 saturated carbocycles. The Labute approximate surface area is 140 Å². The Bertz CT molecular complexity index is 644. The van der Waals surface area contributed by atoms with Crippen LogP contribution in [0.3, 0.4) is 0 Å². The molecule has 2 N–H and O–H groups in total. The monoisotopic (exact) mass is 332 g/mol. The average Bonchev–Trinajstić information content (AvgIpc) is 2.61. The molecule has 2 aromatic rings. The van der Waals surface area contributed by atoms with E-state index in [0.29, 0.717) is 24.7 Å². The van der Waals surface area contributed by atoms with Crippen molar-refractivity contribution in [2.45, 2.75) is 26.4 Å². The van der Waals surface area contributed by atoms with Gasteiger partial charge < -0.3 is 9.47 Å². The van der Waals surface area contributed by atoms with Crippen LogP contribution in [-0.4, -0.2) is 12.7 Å². The molecule has 0 unspecified atom stereocenters. The standard InChI is InChI=1S/C18H21FN2O3/c1-2-3-12-23-18(22)21(20)16-8-10-17(11-9-16)24-13-14-4-6-15(19)7-5-14/h4-11H,2-3,12-13,20H2,1H3. The number of unbranched alkanes of at least 4 members (excludes halogenated alkanes) is 1. The van der Waals surface area contributed by atoms with Crippen molar-refractivity contribution < 1.29 is 18.7 Å². The normalized spacial score (nSPS) is 10.3. The smallest absolute Gasteiger partial charge is 0.428 e. The van der Waals surface area contributed by atoms with Gasteiger partial charge in [0.1, 0.15) is 18.2 Å². The van der Waals surface area contributed by atoms with Crippen LogP contribution in [0.4, 0.5) is 14.9 Å². The number of hydrogen-bond donors (Lipinski definition) is 1. The van der Waals surface area contributed by atoms with Gasteiger partial charge in [-0.05, 0) is 48.4 Å². The minimum absolute atomic E-state index is 0.281. The number of amides is 1. The Morgan fingerprint density at radius 3 is 2.42 bits per heavy atom. The Morgan fingerprint density at radius 1 is 1.12 bits per heavy atom. The van der Waals surface area contributed by atoms with Crippen LogP contribution in [-0.2, 0) is 11.3 Å². The van der Waals surface area contributed by atoms with E-state index in [9.17, 15) is 9.18 Å². The quantitative estimate of drug-likeness (QED) is 0.360. The maximum atomic E-state index is 12.8. The first-order valence-corrected chi connectivity index (χ1v) is 7.79. The minimum Gasteiger partial charge on any atom is -0.489 e. The molecule has 0 aliphatic heterocycles. The number of hydrazine groups is 1. The van der Waals surface area contributed by atoms with Crippen LogP contribution in [0.15, 0.2) is 48.5 Å². The van der Waals surface area contributed by atoms with E-state index in [0.717, 1.165) is 23.4 Å². The van der Waals surface area contributed by atoms with Crippen LogP contribution in [0, 0.1) is 5.82 Å². The molecule has 5 nitrogen and oxygen atoms in total. The molecule has 0 bridgehead atoms. The number of hydrogen-bond acceptors (Lipinski definition) is 4. The highest BCUT2D eigenvalue weighted by Crippen LogP contribution is 2.19. The molecule has 0 fully saturated rings. The number of anilines is 1. The van der Waals surface area contributed by atoms with E-state index in [4.69, 9.17) is 15.3 Å². The van der Waals surface area contributed by atoms with Gasteiger partial charge in [0.05, 0.1) is 12.3 Å². The fraction of sp³-hybridized carbons (Fsp3) is 0.278. The Balaban J connectivity index is 1.87. The molecule has 1 amide bonds. The second kappa shape index (κ2) is 8.88. The van der Waals surface area contributed by atoms with Crippen molar-refractivity contribution >= 4 is 11.8 Å². The summed E-state index contributed by atoms with van der Waals surface area (Å²) in [6, 6.07) is 12.9. The van der Waals surface area contributed by atoms with E-state index in [-0.39, 0.29) is 5.82 Å². The van der Waals surface area contributed by atoms with Gasteiger partial charge >= 0.3 is 6.09 Å². The molecule has 0 spiro atoms. The molecule has 0 aliphatic carbocycles. The van der Waals surface area contributed by atoms with E-state index in [1.54, 1.807) is 36.4 Å². The number of nitrogens with two attached hydrogens (primary N) is 1. The van der Waals surface area contributed by atoms with Gasteiger partial charge in [0.25, 0.3) is 0 Å². The number of halogens is 1. The van der Waals surface area contributed by atoms with E-state index >= 15 is 0 Å². The average molecular weight is 332 g/mol. The first kappa shape index (κ1) is 17.7. The van der Waals surface area contributed by atoms with Gasteiger partial charge in [-0.2, -0.15) is 0 Å². The molecule has 0 heterocycles. The lowest BCUT2D eigenvalue weighted by Gasteiger charge is -2.16. The summed E-state index contributed by atoms with van der Waals surface area (Å²) in [7, 11) is 0. The number of nitrogens with zero attached hydrogens (tertiary/aromatic N) is 1. The van der Waals surface area contributed by atoms with Crippen molar-refractivity contribution in [1.29, 1.82) is 0 Å². The summed E-state index contributed by atoms with van der Waals surface area (Å²) >= 11 is 0. The second-order valence-corrected chi connectivity index (χ2v) is 5.25. The predicted molar refractivity (Wildman–Crippen MR) is 90.1 cm³/mol. The predicted octanol–water partition coefficient (Wildman–Crippen LogP) is 4.02. The third-order valence-corrected chi connectivity index (χ3v) is 3.35. The van der Waals surface area contributed by atoms with Crippen molar-refractivity contribution in [3.8, 4) is 5.75 Å². The number of ether oxygens (including phenoxy) is 2. The molecule has 128 valence electrons. The summed E-state index contributed by atoms with van der Waals surface area (Å²) in [5.41, 5.74) is 1.37. The fourth-order valence-electron chi connectivity index (χ4n) is 1.93. The number of carbonyl (C=O) groups is 1. The largest absolute Gasteiger partial charge is 0.489 e. The lowest BCUT2D eigenvalue weighted by atomic mass is 10.2.